The Bertz CT molecular complexity index is 414. The van der Waals surface area contributed by atoms with E-state index in [2.05, 4.69) is 40.6 Å². The van der Waals surface area contributed by atoms with E-state index in [4.69, 9.17) is 0 Å². The minimum absolute atomic E-state index is 0. The first-order chi connectivity index (χ1) is 7.16. The van der Waals surface area contributed by atoms with Crippen molar-refractivity contribution in [3.05, 3.63) is 54.0 Å². The van der Waals surface area contributed by atoms with Gasteiger partial charge in [0.2, 0.25) is 0 Å². The zero-order chi connectivity index (χ0) is 10.8. The van der Waals surface area contributed by atoms with Crippen LogP contribution < -0.4 is 5.32 Å². The van der Waals surface area contributed by atoms with Gasteiger partial charge in [0.1, 0.15) is 5.82 Å². The maximum absolute atomic E-state index is 12.7. The summed E-state index contributed by atoms with van der Waals surface area (Å²) in [6.45, 7) is 3.93. The molecule has 4 heteroatoms. The molecule has 1 unspecified atom stereocenters. The van der Waals surface area contributed by atoms with Crippen molar-refractivity contribution in [1.82, 2.24) is 5.32 Å². The molecule has 0 bridgehead atoms. The maximum atomic E-state index is 12.7. The second-order valence-corrected chi connectivity index (χ2v) is 4.88. The molecule has 0 saturated carbocycles. The third kappa shape index (κ3) is 3.38. The summed E-state index contributed by atoms with van der Waals surface area (Å²) in [7, 11) is 0. The minimum atomic E-state index is -0.222. The summed E-state index contributed by atoms with van der Waals surface area (Å²) >= 11 is 2.32. The van der Waals surface area contributed by atoms with Crippen LogP contribution in [0.25, 0.3) is 5.70 Å². The molecule has 1 N–H and O–H groups in total. The standard InChI is InChI=1S/C12H10FIN.Y/c1-8-11(14)6-7-12(15-8)9-2-4-10(13)5-3-9;/h2-5,11,15H,1,6H2;/q-1;. The van der Waals surface area contributed by atoms with Gasteiger partial charge < -0.3 is 5.32 Å². The molecular weight excluding hydrogens is 393 g/mol. The molecule has 0 amide bonds. The Hall–Kier alpha value is 0.264. The Morgan fingerprint density at radius 1 is 1.38 bits per heavy atom. The summed E-state index contributed by atoms with van der Waals surface area (Å²) in [5.41, 5.74) is 2.82. The zero-order valence-electron chi connectivity index (χ0n) is 8.63. The van der Waals surface area contributed by atoms with Crippen molar-refractivity contribution >= 4 is 28.3 Å². The number of alkyl halides is 1. The number of halogens is 2. The van der Waals surface area contributed by atoms with Crippen LogP contribution in [0.4, 0.5) is 4.39 Å². The topological polar surface area (TPSA) is 12.0 Å². The van der Waals surface area contributed by atoms with Crippen molar-refractivity contribution in [1.29, 1.82) is 0 Å². The Kier molecular flexibility index (Phi) is 5.61. The number of hydrogen-bond donors (Lipinski definition) is 1. The van der Waals surface area contributed by atoms with Crippen molar-refractivity contribution < 1.29 is 37.1 Å². The van der Waals surface area contributed by atoms with E-state index in [1.165, 1.54) is 12.1 Å². The number of benzene rings is 1. The van der Waals surface area contributed by atoms with Crippen LogP contribution in [0.1, 0.15) is 12.0 Å². The molecule has 81 valence electrons. The van der Waals surface area contributed by atoms with E-state index >= 15 is 0 Å². The van der Waals surface area contributed by atoms with E-state index in [9.17, 15) is 4.39 Å². The van der Waals surface area contributed by atoms with Crippen LogP contribution in [-0.2, 0) is 32.7 Å². The van der Waals surface area contributed by atoms with Crippen LogP contribution in [0.5, 0.6) is 0 Å². The number of rotatable bonds is 1. The Morgan fingerprint density at radius 2 is 2.00 bits per heavy atom. The molecule has 1 aromatic carbocycles. The number of hydrogen-bond acceptors (Lipinski definition) is 1. The fourth-order valence-electron chi connectivity index (χ4n) is 1.39. The normalized spacial score (nSPS) is 19.5. The molecule has 1 nitrogen and oxygen atoms in total. The van der Waals surface area contributed by atoms with Gasteiger partial charge in [0.25, 0.3) is 0 Å². The summed E-state index contributed by atoms with van der Waals surface area (Å²) < 4.78 is 13.1. The van der Waals surface area contributed by atoms with Gasteiger partial charge in [0, 0.05) is 42.3 Å². The van der Waals surface area contributed by atoms with Crippen LogP contribution in [0.15, 0.2) is 36.5 Å². The van der Waals surface area contributed by atoms with Gasteiger partial charge in [-0.2, -0.15) is 5.56 Å². The summed E-state index contributed by atoms with van der Waals surface area (Å²) in [6, 6.07) is 6.38. The average molecular weight is 403 g/mol. The second kappa shape index (κ2) is 6.27. The third-order valence-corrected chi connectivity index (χ3v) is 3.45. The fourth-order valence-corrected chi connectivity index (χ4v) is 1.76. The van der Waals surface area contributed by atoms with Crippen molar-refractivity contribution in [2.45, 2.75) is 10.3 Å². The number of nitrogens with one attached hydrogen (secondary N) is 1. The molecule has 0 aromatic heterocycles. The van der Waals surface area contributed by atoms with E-state index in [-0.39, 0.29) is 38.5 Å². The van der Waals surface area contributed by atoms with Crippen molar-refractivity contribution in [2.24, 2.45) is 0 Å². The summed E-state index contributed by atoms with van der Waals surface area (Å²) in [5.74, 6) is -0.222. The van der Waals surface area contributed by atoms with Gasteiger partial charge in [-0.05, 0) is 12.1 Å². The van der Waals surface area contributed by atoms with Gasteiger partial charge in [0.15, 0.2) is 0 Å². The molecule has 0 saturated heterocycles. The van der Waals surface area contributed by atoms with E-state index < -0.39 is 0 Å². The molecule has 1 aromatic rings. The van der Waals surface area contributed by atoms with Crippen LogP contribution in [0.2, 0.25) is 0 Å². The average Bonchev–Trinajstić information content (AvgIpc) is 2.23. The van der Waals surface area contributed by atoms with E-state index in [1.807, 2.05) is 0 Å². The van der Waals surface area contributed by atoms with Gasteiger partial charge in [-0.3, -0.25) is 0 Å². The van der Waals surface area contributed by atoms with Gasteiger partial charge in [-0.25, -0.2) is 10.5 Å². The first kappa shape index (κ1) is 14.3. The molecular formula is C12H10FINY-. The van der Waals surface area contributed by atoms with Crippen LogP contribution >= 0.6 is 22.6 Å². The molecule has 0 fully saturated rings. The summed E-state index contributed by atoms with van der Waals surface area (Å²) in [4.78, 5) is 0. The second-order valence-electron chi connectivity index (χ2n) is 3.38. The Labute approximate surface area is 134 Å². The summed E-state index contributed by atoms with van der Waals surface area (Å²) in [6.07, 6.45) is 4.10. The molecule has 0 spiro atoms. The third-order valence-electron chi connectivity index (χ3n) is 2.25. The van der Waals surface area contributed by atoms with Crippen LogP contribution in [0, 0.1) is 11.9 Å². The van der Waals surface area contributed by atoms with Crippen LogP contribution in [0.3, 0.4) is 0 Å². The van der Waals surface area contributed by atoms with Gasteiger partial charge >= 0.3 is 0 Å². The molecule has 1 atom stereocenters. The zero-order valence-corrected chi connectivity index (χ0v) is 13.6. The van der Waals surface area contributed by atoms with E-state index in [0.29, 0.717) is 3.92 Å². The quantitative estimate of drug-likeness (QED) is 0.432. The van der Waals surface area contributed by atoms with Crippen molar-refractivity contribution in [3.63, 3.8) is 0 Å². The maximum Gasteiger partial charge on any atom is 0.120 e. The van der Waals surface area contributed by atoms with Gasteiger partial charge in [-0.1, -0.05) is 35.6 Å². The van der Waals surface area contributed by atoms with Crippen molar-refractivity contribution in [2.75, 3.05) is 0 Å². The van der Waals surface area contributed by atoms with E-state index in [0.717, 1.165) is 23.4 Å². The Balaban J connectivity index is 0.00000128. The summed E-state index contributed by atoms with van der Waals surface area (Å²) in [5, 5.41) is 3.18. The first-order valence-electron chi connectivity index (χ1n) is 4.63. The number of allylic oxidation sites excluding steroid dienone is 2. The molecule has 16 heavy (non-hydrogen) atoms. The monoisotopic (exact) mass is 403 g/mol. The van der Waals surface area contributed by atoms with Gasteiger partial charge in [0.05, 0.1) is 0 Å². The van der Waals surface area contributed by atoms with Gasteiger partial charge in [-0.15, -0.1) is 17.8 Å². The Morgan fingerprint density at radius 3 is 2.56 bits per heavy atom. The smallest absolute Gasteiger partial charge is 0.120 e. The molecule has 1 radical (unpaired) electrons. The molecule has 2 rings (SSSR count). The SMILES string of the molecule is C=C1NC(c2ccc(F)cc2)=[C-]CC1I.[Y]. The predicted octanol–water partition coefficient (Wildman–Crippen LogP) is 3.28. The minimum Gasteiger partial charge on any atom is -0.393 e. The molecule has 0 aliphatic carbocycles. The molecule has 1 aliphatic heterocycles. The fraction of sp³-hybridized carbons (Fsp3) is 0.167. The predicted molar refractivity (Wildman–Crippen MR) is 67.8 cm³/mol. The molecule has 1 heterocycles. The first-order valence-corrected chi connectivity index (χ1v) is 5.88. The van der Waals surface area contributed by atoms with Crippen LogP contribution in [-0.4, -0.2) is 3.92 Å². The van der Waals surface area contributed by atoms with E-state index in [1.54, 1.807) is 12.1 Å². The van der Waals surface area contributed by atoms with Crippen molar-refractivity contribution in [3.8, 4) is 0 Å². The molecule has 1 aliphatic rings. The largest absolute Gasteiger partial charge is 0.393 e.